The number of rotatable bonds is 3. The van der Waals surface area contributed by atoms with Crippen LogP contribution in [0.4, 0.5) is 5.82 Å². The summed E-state index contributed by atoms with van der Waals surface area (Å²) in [6.45, 7) is 2.53. The number of para-hydroxylation sites is 1. The van der Waals surface area contributed by atoms with E-state index in [-0.39, 0.29) is 5.91 Å². The minimum atomic E-state index is -0.523. The third-order valence-corrected chi connectivity index (χ3v) is 4.71. The molecule has 1 aromatic carbocycles. The lowest BCUT2D eigenvalue weighted by molar-refractivity contribution is -0.132. The summed E-state index contributed by atoms with van der Waals surface area (Å²) < 4.78 is 1.96. The van der Waals surface area contributed by atoms with Gasteiger partial charge >= 0.3 is 5.69 Å². The highest BCUT2D eigenvalue weighted by molar-refractivity contribution is 5.83. The maximum atomic E-state index is 12.6. The number of hydrogen-bond donors (Lipinski definition) is 2. The van der Waals surface area contributed by atoms with Crippen LogP contribution in [0.2, 0.25) is 0 Å². The Balaban J connectivity index is 1.42. The number of carbonyl (C=O) groups excluding carboxylic acids is 1. The molecule has 134 valence electrons. The number of carbonyl (C=O) groups is 1. The quantitative estimate of drug-likeness (QED) is 0.711. The Labute approximate surface area is 148 Å². The van der Waals surface area contributed by atoms with Crippen LogP contribution < -0.4 is 16.1 Å². The lowest BCUT2D eigenvalue weighted by Crippen LogP contribution is -2.50. The van der Waals surface area contributed by atoms with Crippen LogP contribution in [-0.4, -0.2) is 51.5 Å². The maximum Gasteiger partial charge on any atom is 0.327 e. The number of piperazine rings is 1. The first-order valence-electron chi connectivity index (χ1n) is 8.50. The number of nitrogens with zero attached hydrogens (tertiary/aromatic N) is 3. The van der Waals surface area contributed by atoms with E-state index in [2.05, 4.69) is 9.97 Å². The lowest BCUT2D eigenvalue weighted by Gasteiger charge is -2.35. The summed E-state index contributed by atoms with van der Waals surface area (Å²) in [5, 5.41) is 1.11. The fourth-order valence-corrected chi connectivity index (χ4v) is 3.35. The second-order valence-corrected chi connectivity index (χ2v) is 6.34. The van der Waals surface area contributed by atoms with Gasteiger partial charge < -0.3 is 14.4 Å². The van der Waals surface area contributed by atoms with Crippen molar-refractivity contribution < 1.29 is 4.79 Å². The number of benzene rings is 1. The topological polar surface area (TPSA) is 94.2 Å². The van der Waals surface area contributed by atoms with Crippen molar-refractivity contribution in [1.82, 2.24) is 19.4 Å². The Bertz CT molecular complexity index is 1030. The Morgan fingerprint density at radius 3 is 2.54 bits per heavy atom. The van der Waals surface area contributed by atoms with Crippen LogP contribution in [0.15, 0.2) is 52.2 Å². The van der Waals surface area contributed by atoms with Crippen LogP contribution in [-0.2, 0) is 11.3 Å². The third kappa shape index (κ3) is 3.13. The molecule has 1 amide bonds. The number of H-pyrrole nitrogens is 2. The van der Waals surface area contributed by atoms with Crippen molar-refractivity contribution in [3.05, 3.63) is 63.4 Å². The number of nitrogens with one attached hydrogen (secondary N) is 2. The van der Waals surface area contributed by atoms with E-state index in [1.165, 1.54) is 6.07 Å². The molecule has 0 radical (unpaired) electrons. The van der Waals surface area contributed by atoms with Gasteiger partial charge in [-0.15, -0.1) is 0 Å². The molecule has 0 bridgehead atoms. The normalized spacial score (nSPS) is 14.8. The summed E-state index contributed by atoms with van der Waals surface area (Å²) in [6, 6.07) is 11.3. The molecule has 1 aliphatic heterocycles. The second kappa shape index (κ2) is 6.55. The van der Waals surface area contributed by atoms with E-state index < -0.39 is 11.2 Å². The Morgan fingerprint density at radius 2 is 1.77 bits per heavy atom. The zero-order chi connectivity index (χ0) is 18.1. The summed E-state index contributed by atoms with van der Waals surface area (Å²) in [6.07, 6.45) is 1.93. The maximum absolute atomic E-state index is 12.6. The molecule has 8 heteroatoms. The van der Waals surface area contributed by atoms with Crippen molar-refractivity contribution in [3.63, 3.8) is 0 Å². The molecule has 1 fully saturated rings. The summed E-state index contributed by atoms with van der Waals surface area (Å²) in [5.41, 5.74) is 0.0906. The molecule has 0 saturated carbocycles. The fourth-order valence-electron chi connectivity index (χ4n) is 3.35. The summed E-state index contributed by atoms with van der Waals surface area (Å²) in [5.74, 6) is 0.549. The van der Waals surface area contributed by atoms with Crippen LogP contribution in [0.3, 0.4) is 0 Å². The Kier molecular flexibility index (Phi) is 4.08. The van der Waals surface area contributed by atoms with E-state index in [1.54, 1.807) is 0 Å². The minimum absolute atomic E-state index is 0.0606. The summed E-state index contributed by atoms with van der Waals surface area (Å²) >= 11 is 0. The van der Waals surface area contributed by atoms with Gasteiger partial charge in [0.2, 0.25) is 5.91 Å². The highest BCUT2D eigenvalue weighted by Gasteiger charge is 2.22. The first-order valence-corrected chi connectivity index (χ1v) is 8.50. The number of aromatic amines is 2. The van der Waals surface area contributed by atoms with Crippen LogP contribution >= 0.6 is 0 Å². The van der Waals surface area contributed by atoms with E-state index in [0.717, 1.165) is 10.9 Å². The van der Waals surface area contributed by atoms with Gasteiger partial charge in [-0.2, -0.15) is 0 Å². The van der Waals surface area contributed by atoms with Gasteiger partial charge in [0.1, 0.15) is 12.4 Å². The Morgan fingerprint density at radius 1 is 1.00 bits per heavy atom. The summed E-state index contributed by atoms with van der Waals surface area (Å²) in [7, 11) is 0. The molecule has 1 aliphatic rings. The largest absolute Gasteiger partial charge is 0.354 e. The zero-order valence-electron chi connectivity index (χ0n) is 14.1. The van der Waals surface area contributed by atoms with Crippen molar-refractivity contribution in [3.8, 4) is 0 Å². The van der Waals surface area contributed by atoms with Gasteiger partial charge in [-0.1, -0.05) is 18.2 Å². The van der Waals surface area contributed by atoms with Gasteiger partial charge in [0.05, 0.1) is 0 Å². The number of aromatic nitrogens is 3. The molecule has 1 saturated heterocycles. The first-order chi connectivity index (χ1) is 12.6. The van der Waals surface area contributed by atoms with Crippen molar-refractivity contribution in [1.29, 1.82) is 0 Å². The van der Waals surface area contributed by atoms with E-state index >= 15 is 0 Å². The van der Waals surface area contributed by atoms with Crippen molar-refractivity contribution in [2.45, 2.75) is 6.54 Å². The smallest absolute Gasteiger partial charge is 0.327 e. The molecule has 3 heterocycles. The molecular weight excluding hydrogens is 334 g/mol. The van der Waals surface area contributed by atoms with Gasteiger partial charge in [0, 0.05) is 44.0 Å². The molecule has 3 aromatic rings. The third-order valence-electron chi connectivity index (χ3n) is 4.71. The van der Waals surface area contributed by atoms with Crippen LogP contribution in [0, 0.1) is 0 Å². The highest BCUT2D eigenvalue weighted by atomic mass is 16.2. The Hall–Kier alpha value is -3.29. The summed E-state index contributed by atoms with van der Waals surface area (Å²) in [4.78, 5) is 44.0. The lowest BCUT2D eigenvalue weighted by atomic mass is 10.2. The first kappa shape index (κ1) is 16.2. The van der Waals surface area contributed by atoms with E-state index in [1.807, 2.05) is 50.9 Å². The van der Waals surface area contributed by atoms with Gasteiger partial charge in [0.25, 0.3) is 5.56 Å². The number of hydrogen-bond acceptors (Lipinski definition) is 4. The monoisotopic (exact) mass is 353 g/mol. The number of anilines is 1. The van der Waals surface area contributed by atoms with E-state index in [0.29, 0.717) is 38.5 Å². The van der Waals surface area contributed by atoms with Gasteiger partial charge in [-0.25, -0.2) is 4.79 Å². The molecule has 2 N–H and O–H groups in total. The van der Waals surface area contributed by atoms with Crippen LogP contribution in [0.25, 0.3) is 10.9 Å². The minimum Gasteiger partial charge on any atom is -0.354 e. The second-order valence-electron chi connectivity index (χ2n) is 6.34. The zero-order valence-corrected chi connectivity index (χ0v) is 14.1. The molecule has 0 atom stereocenters. The van der Waals surface area contributed by atoms with E-state index in [4.69, 9.17) is 0 Å². The van der Waals surface area contributed by atoms with Crippen molar-refractivity contribution >= 4 is 22.6 Å². The molecular formula is C18H19N5O3. The predicted octanol–water partition coefficient (Wildman–Crippen LogP) is 0.367. The van der Waals surface area contributed by atoms with Crippen LogP contribution in [0.1, 0.15) is 0 Å². The molecule has 4 rings (SSSR count). The highest BCUT2D eigenvalue weighted by Crippen LogP contribution is 2.16. The van der Waals surface area contributed by atoms with E-state index in [9.17, 15) is 14.4 Å². The van der Waals surface area contributed by atoms with Gasteiger partial charge in [-0.3, -0.25) is 19.6 Å². The number of fused-ring (bicyclic) bond motifs is 1. The predicted molar refractivity (Wildman–Crippen MR) is 98.4 cm³/mol. The van der Waals surface area contributed by atoms with Crippen LogP contribution in [0.5, 0.6) is 0 Å². The van der Waals surface area contributed by atoms with Crippen molar-refractivity contribution in [2.24, 2.45) is 0 Å². The van der Waals surface area contributed by atoms with Gasteiger partial charge in [0.15, 0.2) is 0 Å². The fraction of sp³-hybridized carbons (Fsp3) is 0.278. The standard InChI is InChI=1S/C18H19N5O3/c24-16-11-15(19-18(26)20-16)21-7-9-22(10-8-21)17(25)12-23-6-5-13-3-1-2-4-14(13)23/h1-6,11H,7-10,12H2,(H2,19,20,24,26). The average Bonchev–Trinajstić information content (AvgIpc) is 3.04. The molecule has 26 heavy (non-hydrogen) atoms. The molecule has 8 nitrogen and oxygen atoms in total. The number of amides is 1. The van der Waals surface area contributed by atoms with Crippen molar-refractivity contribution in [2.75, 3.05) is 31.1 Å². The molecule has 2 aromatic heterocycles. The molecule has 0 unspecified atom stereocenters. The van der Waals surface area contributed by atoms with Gasteiger partial charge in [-0.05, 0) is 17.5 Å². The average molecular weight is 353 g/mol. The SMILES string of the molecule is O=C(Cn1ccc2ccccc21)N1CCN(c2cc(=O)[nH]c(=O)[nH]2)CC1. The molecule has 0 aliphatic carbocycles. The molecule has 0 spiro atoms.